The Labute approximate surface area is 140 Å². The van der Waals surface area contributed by atoms with Gasteiger partial charge in [-0.1, -0.05) is 30.3 Å². The number of rotatable bonds is 4. The summed E-state index contributed by atoms with van der Waals surface area (Å²) in [4.78, 5) is 13.7. The van der Waals surface area contributed by atoms with E-state index in [0.717, 1.165) is 5.56 Å². The third kappa shape index (κ3) is 3.18. The summed E-state index contributed by atoms with van der Waals surface area (Å²) in [5.41, 5.74) is 0.920. The molecule has 0 saturated carbocycles. The van der Waals surface area contributed by atoms with E-state index in [4.69, 9.17) is 4.74 Å². The molecule has 3 rings (SSSR count). The summed E-state index contributed by atoms with van der Waals surface area (Å²) in [7, 11) is 0. The molecule has 0 bridgehead atoms. The Morgan fingerprint density at radius 3 is 2.42 bits per heavy atom. The quantitative estimate of drug-likeness (QED) is 0.562. The van der Waals surface area contributed by atoms with E-state index in [-0.39, 0.29) is 26.1 Å². The summed E-state index contributed by atoms with van der Waals surface area (Å²) >= 11 is 0. The molecule has 2 aliphatic rings. The molecule has 2 fully saturated rings. The standard InChI is InChI=1S/C17H23NO6/c19-8-12-16(24-9-10-4-2-1-3-5-10)14(21)7-11-6-13(20)15(22)17(23)18(11)12/h1-5,11-16,19-22H,6-9H2/t11-,12+,13-,14-,15-,16+/m1/s1. The van der Waals surface area contributed by atoms with Crippen LogP contribution in [-0.2, 0) is 16.1 Å². The molecular weight excluding hydrogens is 314 g/mol. The van der Waals surface area contributed by atoms with Gasteiger partial charge in [0.05, 0.1) is 31.5 Å². The van der Waals surface area contributed by atoms with E-state index in [9.17, 15) is 25.2 Å². The molecule has 1 aromatic rings. The maximum atomic E-state index is 12.3. The molecular formula is C17H23NO6. The van der Waals surface area contributed by atoms with Gasteiger partial charge in [-0.25, -0.2) is 0 Å². The number of ether oxygens (including phenoxy) is 1. The van der Waals surface area contributed by atoms with Crippen LogP contribution in [0.5, 0.6) is 0 Å². The van der Waals surface area contributed by atoms with Gasteiger partial charge in [-0.05, 0) is 18.4 Å². The number of aliphatic hydroxyl groups is 4. The molecule has 6 atom stereocenters. The van der Waals surface area contributed by atoms with Gasteiger partial charge in [-0.15, -0.1) is 0 Å². The van der Waals surface area contributed by atoms with E-state index < -0.39 is 42.4 Å². The molecule has 24 heavy (non-hydrogen) atoms. The lowest BCUT2D eigenvalue weighted by Gasteiger charge is -2.51. The lowest BCUT2D eigenvalue weighted by atomic mass is 9.83. The van der Waals surface area contributed by atoms with E-state index >= 15 is 0 Å². The third-order valence-corrected chi connectivity index (χ3v) is 4.88. The predicted octanol–water partition coefficient (Wildman–Crippen LogP) is -0.980. The fraction of sp³-hybridized carbons (Fsp3) is 0.588. The van der Waals surface area contributed by atoms with Crippen LogP contribution in [0, 0.1) is 0 Å². The zero-order valence-corrected chi connectivity index (χ0v) is 13.2. The Bertz CT molecular complexity index is 567. The minimum absolute atomic E-state index is 0.172. The Morgan fingerprint density at radius 1 is 1.08 bits per heavy atom. The van der Waals surface area contributed by atoms with E-state index in [1.807, 2.05) is 30.3 Å². The molecule has 0 unspecified atom stereocenters. The number of piperidine rings is 2. The van der Waals surface area contributed by atoms with Crippen LogP contribution in [0.15, 0.2) is 30.3 Å². The van der Waals surface area contributed by atoms with Crippen LogP contribution in [0.1, 0.15) is 18.4 Å². The van der Waals surface area contributed by atoms with Crippen LogP contribution in [0.25, 0.3) is 0 Å². The summed E-state index contributed by atoms with van der Waals surface area (Å²) in [5.74, 6) is -0.627. The van der Waals surface area contributed by atoms with Crippen molar-refractivity contribution in [2.75, 3.05) is 6.61 Å². The SMILES string of the molecule is O=C1[C@H](O)[C@H](O)C[C@@H]2C[C@@H](O)[C@@H](OCc3ccccc3)[C@H](CO)N12. The van der Waals surface area contributed by atoms with Crippen molar-refractivity contribution in [3.8, 4) is 0 Å². The number of amides is 1. The highest BCUT2D eigenvalue weighted by Crippen LogP contribution is 2.33. The minimum atomic E-state index is -1.50. The fourth-order valence-corrected chi connectivity index (χ4v) is 3.67. The molecule has 7 heteroatoms. The van der Waals surface area contributed by atoms with Crippen molar-refractivity contribution in [3.63, 3.8) is 0 Å². The molecule has 2 saturated heterocycles. The van der Waals surface area contributed by atoms with Gasteiger partial charge in [0.2, 0.25) is 0 Å². The maximum absolute atomic E-state index is 12.3. The van der Waals surface area contributed by atoms with Gasteiger partial charge < -0.3 is 30.1 Å². The van der Waals surface area contributed by atoms with Crippen LogP contribution in [0.3, 0.4) is 0 Å². The molecule has 7 nitrogen and oxygen atoms in total. The van der Waals surface area contributed by atoms with Gasteiger partial charge in [0.15, 0.2) is 6.10 Å². The summed E-state index contributed by atoms with van der Waals surface area (Å²) in [5, 5.41) is 39.8. The van der Waals surface area contributed by atoms with Crippen molar-refractivity contribution in [1.29, 1.82) is 0 Å². The topological polar surface area (TPSA) is 110 Å². The second kappa shape index (κ2) is 7.16. The average Bonchev–Trinajstić information content (AvgIpc) is 2.58. The average molecular weight is 337 g/mol. The van der Waals surface area contributed by atoms with Crippen LogP contribution in [-0.4, -0.2) is 74.3 Å². The van der Waals surface area contributed by atoms with E-state index in [1.165, 1.54) is 4.90 Å². The van der Waals surface area contributed by atoms with Gasteiger partial charge in [0.1, 0.15) is 6.10 Å². The largest absolute Gasteiger partial charge is 0.394 e. The highest BCUT2D eigenvalue weighted by molar-refractivity contribution is 5.83. The number of carbonyl (C=O) groups is 1. The molecule has 0 spiro atoms. The fourth-order valence-electron chi connectivity index (χ4n) is 3.67. The van der Waals surface area contributed by atoms with Crippen LogP contribution < -0.4 is 0 Å². The van der Waals surface area contributed by atoms with Gasteiger partial charge in [0.25, 0.3) is 5.91 Å². The van der Waals surface area contributed by atoms with E-state index in [0.29, 0.717) is 0 Å². The number of hydrogen-bond acceptors (Lipinski definition) is 6. The zero-order valence-electron chi connectivity index (χ0n) is 13.2. The third-order valence-electron chi connectivity index (χ3n) is 4.88. The maximum Gasteiger partial charge on any atom is 0.254 e. The van der Waals surface area contributed by atoms with Crippen molar-refractivity contribution >= 4 is 5.91 Å². The van der Waals surface area contributed by atoms with E-state index in [2.05, 4.69) is 0 Å². The Morgan fingerprint density at radius 2 is 1.75 bits per heavy atom. The molecule has 1 amide bonds. The first-order valence-electron chi connectivity index (χ1n) is 8.15. The second-order valence-electron chi connectivity index (χ2n) is 6.46. The Kier molecular flexibility index (Phi) is 5.17. The van der Waals surface area contributed by atoms with Gasteiger partial charge >= 0.3 is 0 Å². The first-order valence-corrected chi connectivity index (χ1v) is 8.15. The first kappa shape index (κ1) is 17.3. The van der Waals surface area contributed by atoms with Crippen LogP contribution >= 0.6 is 0 Å². The zero-order chi connectivity index (χ0) is 17.3. The predicted molar refractivity (Wildman–Crippen MR) is 83.8 cm³/mol. The molecule has 2 heterocycles. The molecule has 4 N–H and O–H groups in total. The van der Waals surface area contributed by atoms with Crippen LogP contribution in [0.4, 0.5) is 0 Å². The van der Waals surface area contributed by atoms with Crippen molar-refractivity contribution in [1.82, 2.24) is 4.90 Å². The van der Waals surface area contributed by atoms with Crippen molar-refractivity contribution in [2.45, 2.75) is 55.9 Å². The second-order valence-corrected chi connectivity index (χ2v) is 6.46. The molecule has 0 aromatic heterocycles. The summed E-state index contributed by atoms with van der Waals surface area (Å²) in [6.07, 6.45) is -3.84. The number of carbonyl (C=O) groups excluding carboxylic acids is 1. The smallest absolute Gasteiger partial charge is 0.254 e. The monoisotopic (exact) mass is 337 g/mol. The number of benzene rings is 1. The lowest BCUT2D eigenvalue weighted by Crippen LogP contribution is -2.68. The molecule has 132 valence electrons. The number of aliphatic hydroxyl groups excluding tert-OH is 4. The number of hydrogen-bond donors (Lipinski definition) is 4. The Hall–Kier alpha value is -1.51. The normalized spacial score (nSPS) is 36.5. The van der Waals surface area contributed by atoms with E-state index in [1.54, 1.807) is 0 Å². The van der Waals surface area contributed by atoms with Crippen molar-refractivity contribution in [3.05, 3.63) is 35.9 Å². The number of nitrogens with zero attached hydrogens (tertiary/aromatic N) is 1. The van der Waals surface area contributed by atoms with Gasteiger partial charge in [-0.3, -0.25) is 4.79 Å². The van der Waals surface area contributed by atoms with Crippen molar-refractivity contribution < 1.29 is 30.0 Å². The van der Waals surface area contributed by atoms with Gasteiger partial charge in [0, 0.05) is 6.04 Å². The highest BCUT2D eigenvalue weighted by atomic mass is 16.5. The first-order chi connectivity index (χ1) is 11.5. The Balaban J connectivity index is 1.76. The summed E-state index contributed by atoms with van der Waals surface area (Å²) in [6.45, 7) is -0.140. The highest BCUT2D eigenvalue weighted by Gasteiger charge is 2.51. The molecule has 2 aliphatic heterocycles. The summed E-state index contributed by atoms with van der Waals surface area (Å²) in [6, 6.07) is 8.25. The minimum Gasteiger partial charge on any atom is -0.394 e. The van der Waals surface area contributed by atoms with Gasteiger partial charge in [-0.2, -0.15) is 0 Å². The lowest BCUT2D eigenvalue weighted by molar-refractivity contribution is -0.191. The van der Waals surface area contributed by atoms with Crippen molar-refractivity contribution in [2.24, 2.45) is 0 Å². The number of fused-ring (bicyclic) bond motifs is 1. The molecule has 0 aliphatic carbocycles. The summed E-state index contributed by atoms with van der Waals surface area (Å²) < 4.78 is 5.80. The van der Waals surface area contributed by atoms with Crippen LogP contribution in [0.2, 0.25) is 0 Å². The molecule has 1 aromatic carbocycles. The molecule has 0 radical (unpaired) electrons.